The van der Waals surface area contributed by atoms with Gasteiger partial charge in [-0.2, -0.15) is 0 Å². The average molecular weight is 429 g/mol. The SMILES string of the molecule is O=C([C@H]1Cc2cc(Cl)cc(-c3ccnc4cc(CO)sc34)c2O1)N1CCCCC1. The van der Waals surface area contributed by atoms with Crippen molar-refractivity contribution in [2.24, 2.45) is 0 Å². The minimum atomic E-state index is -0.492. The molecule has 0 unspecified atom stereocenters. The molecule has 1 amide bonds. The van der Waals surface area contributed by atoms with Crippen LogP contribution < -0.4 is 4.74 Å². The molecule has 2 aliphatic rings. The lowest BCUT2D eigenvalue weighted by Crippen LogP contribution is -2.43. The number of pyridine rings is 1. The van der Waals surface area contributed by atoms with E-state index >= 15 is 0 Å². The number of nitrogens with zero attached hydrogens (tertiary/aromatic N) is 2. The minimum absolute atomic E-state index is 0.0168. The van der Waals surface area contributed by atoms with Gasteiger partial charge < -0.3 is 14.7 Å². The zero-order chi connectivity index (χ0) is 20.0. The molecule has 1 aromatic carbocycles. The van der Waals surface area contributed by atoms with Gasteiger partial charge in [0.1, 0.15) is 5.75 Å². The quantitative estimate of drug-likeness (QED) is 0.670. The summed E-state index contributed by atoms with van der Waals surface area (Å²) < 4.78 is 7.21. The number of piperidine rings is 1. The van der Waals surface area contributed by atoms with Gasteiger partial charge in [0.05, 0.1) is 16.8 Å². The number of aromatic nitrogens is 1. The third-order valence-corrected chi connectivity index (χ3v) is 7.01. The van der Waals surface area contributed by atoms with Gasteiger partial charge in [-0.3, -0.25) is 9.78 Å². The molecule has 1 N–H and O–H groups in total. The Balaban J connectivity index is 1.54. The molecule has 5 rings (SSSR count). The molecule has 150 valence electrons. The molecule has 4 heterocycles. The molecule has 0 spiro atoms. The molecule has 0 radical (unpaired) electrons. The first kappa shape index (κ1) is 18.9. The van der Waals surface area contributed by atoms with Crippen molar-refractivity contribution in [1.29, 1.82) is 0 Å². The highest BCUT2D eigenvalue weighted by molar-refractivity contribution is 7.19. The Morgan fingerprint density at radius 2 is 2.07 bits per heavy atom. The van der Waals surface area contributed by atoms with Gasteiger partial charge in [0.15, 0.2) is 6.10 Å². The van der Waals surface area contributed by atoms with Crippen LogP contribution in [0.1, 0.15) is 29.7 Å². The standard InChI is InChI=1S/C22H21ClN2O3S/c23-14-8-13-9-19(22(27)25-6-2-1-3-7-25)28-20(13)17(10-14)16-4-5-24-18-11-15(12-26)29-21(16)18/h4-5,8,10-11,19,26H,1-3,6-7,9,12H2/t19-/m1/s1. The predicted molar refractivity (Wildman–Crippen MR) is 115 cm³/mol. The Kier molecular flexibility index (Phi) is 4.94. The van der Waals surface area contributed by atoms with Crippen molar-refractivity contribution in [3.05, 3.63) is 45.9 Å². The third kappa shape index (κ3) is 3.39. The summed E-state index contributed by atoms with van der Waals surface area (Å²) in [5, 5.41) is 10.1. The molecule has 5 nitrogen and oxygen atoms in total. The van der Waals surface area contributed by atoms with Gasteiger partial charge in [-0.15, -0.1) is 11.3 Å². The highest BCUT2D eigenvalue weighted by atomic mass is 35.5. The van der Waals surface area contributed by atoms with Crippen LogP contribution in [0.2, 0.25) is 5.02 Å². The molecule has 1 saturated heterocycles. The number of hydrogen-bond acceptors (Lipinski definition) is 5. The number of aliphatic hydroxyl groups is 1. The number of carbonyl (C=O) groups excluding carboxylic acids is 1. The monoisotopic (exact) mass is 428 g/mol. The van der Waals surface area contributed by atoms with Crippen molar-refractivity contribution >= 4 is 39.1 Å². The number of ether oxygens (including phenoxy) is 1. The van der Waals surface area contributed by atoms with Gasteiger partial charge in [-0.05, 0) is 43.5 Å². The summed E-state index contributed by atoms with van der Waals surface area (Å²) >= 11 is 7.95. The van der Waals surface area contributed by atoms with E-state index in [0.29, 0.717) is 11.4 Å². The first-order chi connectivity index (χ1) is 14.1. The lowest BCUT2D eigenvalue weighted by Gasteiger charge is -2.28. The summed E-state index contributed by atoms with van der Waals surface area (Å²) in [6.45, 7) is 1.61. The van der Waals surface area contributed by atoms with Gasteiger partial charge in [-0.1, -0.05) is 11.6 Å². The number of thiophene rings is 1. The molecule has 0 aliphatic carbocycles. The smallest absolute Gasteiger partial charge is 0.263 e. The largest absolute Gasteiger partial charge is 0.479 e. The van der Waals surface area contributed by atoms with Crippen LogP contribution in [-0.4, -0.2) is 40.1 Å². The molecular weight excluding hydrogens is 408 g/mol. The average Bonchev–Trinajstić information content (AvgIpc) is 3.36. The Morgan fingerprint density at radius 1 is 1.24 bits per heavy atom. The molecule has 1 fully saturated rings. The maximum atomic E-state index is 13.0. The molecule has 29 heavy (non-hydrogen) atoms. The Morgan fingerprint density at radius 3 is 2.86 bits per heavy atom. The van der Waals surface area contributed by atoms with Crippen LogP contribution in [0, 0.1) is 0 Å². The number of halogens is 1. The zero-order valence-corrected chi connectivity index (χ0v) is 17.4. The molecule has 2 aliphatic heterocycles. The Hall–Kier alpha value is -2.15. The van der Waals surface area contributed by atoms with Crippen LogP contribution in [-0.2, 0) is 17.8 Å². The number of carbonyl (C=O) groups is 1. The van der Waals surface area contributed by atoms with Crippen molar-refractivity contribution in [1.82, 2.24) is 9.88 Å². The number of likely N-dealkylation sites (tertiary alicyclic amines) is 1. The molecule has 3 aromatic rings. The number of rotatable bonds is 3. The number of fused-ring (bicyclic) bond motifs is 2. The molecule has 0 saturated carbocycles. The van der Waals surface area contributed by atoms with Crippen molar-refractivity contribution in [3.63, 3.8) is 0 Å². The fraction of sp³-hybridized carbons (Fsp3) is 0.364. The maximum absolute atomic E-state index is 13.0. The zero-order valence-electron chi connectivity index (χ0n) is 15.9. The molecule has 1 atom stereocenters. The fourth-order valence-electron chi connectivity index (χ4n) is 4.26. The first-order valence-corrected chi connectivity index (χ1v) is 11.1. The van der Waals surface area contributed by atoms with E-state index < -0.39 is 6.10 Å². The van der Waals surface area contributed by atoms with Gasteiger partial charge in [0.2, 0.25) is 0 Å². The van der Waals surface area contributed by atoms with Gasteiger partial charge in [-0.25, -0.2) is 0 Å². The topological polar surface area (TPSA) is 62.7 Å². The highest BCUT2D eigenvalue weighted by Crippen LogP contribution is 2.44. The predicted octanol–water partition coefficient (Wildman–Crippen LogP) is 4.43. The van der Waals surface area contributed by atoms with Crippen LogP contribution in [0.15, 0.2) is 30.5 Å². The van der Waals surface area contributed by atoms with Crippen molar-refractivity contribution in [3.8, 4) is 16.9 Å². The van der Waals surface area contributed by atoms with Crippen molar-refractivity contribution in [2.45, 2.75) is 38.4 Å². The van der Waals surface area contributed by atoms with E-state index in [1.807, 2.05) is 29.2 Å². The van der Waals surface area contributed by atoms with E-state index in [0.717, 1.165) is 63.5 Å². The fourth-order valence-corrected chi connectivity index (χ4v) is 5.50. The summed E-state index contributed by atoms with van der Waals surface area (Å²) in [5.41, 5.74) is 3.64. The molecule has 2 aromatic heterocycles. The third-order valence-electron chi connectivity index (χ3n) is 5.65. The second-order valence-corrected chi connectivity index (χ2v) is 9.16. The summed E-state index contributed by atoms with van der Waals surface area (Å²) in [5.74, 6) is 0.803. The lowest BCUT2D eigenvalue weighted by atomic mass is 10.0. The Labute approximate surface area is 177 Å². The summed E-state index contributed by atoms with van der Waals surface area (Å²) in [6.07, 6.45) is 5.10. The number of amides is 1. The summed E-state index contributed by atoms with van der Waals surface area (Å²) in [7, 11) is 0. The van der Waals surface area contributed by atoms with Gasteiger partial charge in [0.25, 0.3) is 5.91 Å². The van der Waals surface area contributed by atoms with Crippen molar-refractivity contribution < 1.29 is 14.6 Å². The van der Waals surface area contributed by atoms with Crippen LogP contribution in [0.5, 0.6) is 5.75 Å². The highest BCUT2D eigenvalue weighted by Gasteiger charge is 2.35. The number of benzene rings is 1. The van der Waals surface area contributed by atoms with E-state index in [-0.39, 0.29) is 12.5 Å². The first-order valence-electron chi connectivity index (χ1n) is 9.90. The van der Waals surface area contributed by atoms with Crippen molar-refractivity contribution in [2.75, 3.05) is 13.1 Å². The van der Waals surface area contributed by atoms with Gasteiger partial charge >= 0.3 is 0 Å². The molecule has 7 heteroatoms. The van der Waals surface area contributed by atoms with E-state index in [9.17, 15) is 9.90 Å². The maximum Gasteiger partial charge on any atom is 0.263 e. The summed E-state index contributed by atoms with van der Waals surface area (Å²) in [6, 6.07) is 7.63. The van der Waals surface area contributed by atoms with E-state index in [1.54, 1.807) is 6.20 Å². The molecular formula is C22H21ClN2O3S. The second-order valence-electron chi connectivity index (χ2n) is 7.58. The summed E-state index contributed by atoms with van der Waals surface area (Å²) in [4.78, 5) is 20.2. The Bertz CT molecular complexity index is 1090. The van der Waals surface area contributed by atoms with Crippen LogP contribution in [0.4, 0.5) is 0 Å². The van der Waals surface area contributed by atoms with Crippen LogP contribution >= 0.6 is 22.9 Å². The normalized spacial score (nSPS) is 18.7. The van der Waals surface area contributed by atoms with E-state index in [1.165, 1.54) is 17.8 Å². The lowest BCUT2D eigenvalue weighted by molar-refractivity contribution is -0.138. The molecule has 0 bridgehead atoms. The van der Waals surface area contributed by atoms with Crippen LogP contribution in [0.25, 0.3) is 21.3 Å². The van der Waals surface area contributed by atoms with E-state index in [4.69, 9.17) is 16.3 Å². The van der Waals surface area contributed by atoms with Crippen LogP contribution in [0.3, 0.4) is 0 Å². The minimum Gasteiger partial charge on any atom is -0.479 e. The van der Waals surface area contributed by atoms with Gasteiger partial charge in [0, 0.05) is 52.3 Å². The number of aliphatic hydroxyl groups excluding tert-OH is 1. The van der Waals surface area contributed by atoms with E-state index in [2.05, 4.69) is 4.98 Å². The second kappa shape index (κ2) is 7.59. The number of hydrogen-bond donors (Lipinski definition) is 1.